The zero-order valence-corrected chi connectivity index (χ0v) is 16.6. The fourth-order valence-corrected chi connectivity index (χ4v) is 5.62. The van der Waals surface area contributed by atoms with Gasteiger partial charge >= 0.3 is 0 Å². The third-order valence-corrected chi connectivity index (χ3v) is 7.40. The van der Waals surface area contributed by atoms with E-state index in [1.165, 1.54) is 36.1 Å². The molecule has 4 rings (SSSR count). The molecule has 27 heavy (non-hydrogen) atoms. The van der Waals surface area contributed by atoms with Crippen LogP contribution in [0.1, 0.15) is 49.9 Å². The summed E-state index contributed by atoms with van der Waals surface area (Å²) in [6, 6.07) is 14.6. The van der Waals surface area contributed by atoms with Crippen LogP contribution >= 0.6 is 0 Å². The molecule has 0 spiro atoms. The number of hydrogen-bond acceptors (Lipinski definition) is 3. The van der Waals surface area contributed by atoms with Gasteiger partial charge in [-0.25, -0.2) is 17.4 Å². The molecule has 1 aliphatic rings. The minimum Gasteiger partial charge on any atom is -0.232 e. The zero-order chi connectivity index (χ0) is 18.9. The topological polar surface area (TPSA) is 52.0 Å². The molecule has 3 aromatic rings. The average molecular weight is 383 g/mol. The Morgan fingerprint density at radius 3 is 2.44 bits per heavy atom. The molecule has 0 unspecified atom stereocenters. The van der Waals surface area contributed by atoms with Gasteiger partial charge in [0.15, 0.2) is 0 Å². The van der Waals surface area contributed by atoms with Gasteiger partial charge in [0.1, 0.15) is 5.82 Å². The Hall–Kier alpha value is -2.14. The van der Waals surface area contributed by atoms with Crippen LogP contribution in [-0.4, -0.2) is 17.4 Å². The summed E-state index contributed by atoms with van der Waals surface area (Å²) in [6.07, 6.45) is 8.13. The molecule has 142 valence electrons. The first-order chi connectivity index (χ1) is 13.1. The van der Waals surface area contributed by atoms with Crippen molar-refractivity contribution < 1.29 is 8.42 Å². The number of rotatable bonds is 5. The second kappa shape index (κ2) is 7.47. The van der Waals surface area contributed by atoms with E-state index in [9.17, 15) is 8.42 Å². The molecule has 1 fully saturated rings. The van der Waals surface area contributed by atoms with Gasteiger partial charge in [-0.05, 0) is 43.5 Å². The molecule has 1 heterocycles. The molecule has 0 saturated heterocycles. The SMILES string of the molecule is Cc1ccc(S(=O)(=O)n2c(CCC3CCCCC3)nc3ccccc32)cc1. The van der Waals surface area contributed by atoms with E-state index < -0.39 is 10.0 Å². The van der Waals surface area contributed by atoms with Crippen LogP contribution in [-0.2, 0) is 16.4 Å². The molecular formula is C22H26N2O2S. The van der Waals surface area contributed by atoms with Crippen molar-refractivity contribution >= 4 is 21.1 Å². The maximum Gasteiger partial charge on any atom is 0.269 e. The number of aryl methyl sites for hydroxylation is 2. The van der Waals surface area contributed by atoms with Crippen molar-refractivity contribution in [3.8, 4) is 0 Å². The monoisotopic (exact) mass is 382 g/mol. The van der Waals surface area contributed by atoms with Gasteiger partial charge in [-0.15, -0.1) is 0 Å². The molecule has 1 aromatic heterocycles. The molecule has 2 aromatic carbocycles. The lowest BCUT2D eigenvalue weighted by Gasteiger charge is -2.21. The predicted octanol–water partition coefficient (Wildman–Crippen LogP) is 5.09. The molecule has 0 radical (unpaired) electrons. The summed E-state index contributed by atoms with van der Waals surface area (Å²) >= 11 is 0. The Balaban J connectivity index is 1.74. The number of hydrogen-bond donors (Lipinski definition) is 0. The number of imidazole rings is 1. The van der Waals surface area contributed by atoms with Crippen molar-refractivity contribution in [1.82, 2.24) is 8.96 Å². The van der Waals surface area contributed by atoms with E-state index in [1.807, 2.05) is 43.3 Å². The zero-order valence-electron chi connectivity index (χ0n) is 15.8. The van der Waals surface area contributed by atoms with Crippen molar-refractivity contribution in [1.29, 1.82) is 0 Å². The highest BCUT2D eigenvalue weighted by molar-refractivity contribution is 7.90. The van der Waals surface area contributed by atoms with E-state index in [0.717, 1.165) is 17.5 Å². The standard InChI is InChI=1S/C22H26N2O2S/c1-17-11-14-19(15-12-17)27(25,26)24-21-10-6-5-9-20(21)23-22(24)16-13-18-7-3-2-4-8-18/h5-6,9-12,14-15,18H,2-4,7-8,13,16H2,1H3. The molecule has 0 N–H and O–H groups in total. The van der Waals surface area contributed by atoms with Crippen molar-refractivity contribution in [2.75, 3.05) is 0 Å². The van der Waals surface area contributed by atoms with Crippen LogP contribution in [0, 0.1) is 12.8 Å². The van der Waals surface area contributed by atoms with E-state index in [1.54, 1.807) is 12.1 Å². The quantitative estimate of drug-likeness (QED) is 0.617. The highest BCUT2D eigenvalue weighted by Crippen LogP contribution is 2.29. The van der Waals surface area contributed by atoms with Gasteiger partial charge in [-0.3, -0.25) is 0 Å². The fourth-order valence-electron chi connectivity index (χ4n) is 4.10. The summed E-state index contributed by atoms with van der Waals surface area (Å²) in [6.45, 7) is 1.96. The van der Waals surface area contributed by atoms with Crippen molar-refractivity contribution in [3.05, 3.63) is 59.9 Å². The van der Waals surface area contributed by atoms with Gasteiger partial charge in [0.25, 0.3) is 10.0 Å². The van der Waals surface area contributed by atoms with E-state index in [-0.39, 0.29) is 0 Å². The minimum absolute atomic E-state index is 0.315. The Morgan fingerprint density at radius 1 is 1.00 bits per heavy atom. The molecule has 0 aliphatic heterocycles. The predicted molar refractivity (Wildman–Crippen MR) is 108 cm³/mol. The number of benzene rings is 2. The van der Waals surface area contributed by atoms with E-state index in [0.29, 0.717) is 28.6 Å². The summed E-state index contributed by atoms with van der Waals surface area (Å²) in [5, 5.41) is 0. The largest absolute Gasteiger partial charge is 0.269 e. The first kappa shape index (κ1) is 18.2. The Bertz CT molecular complexity index is 1030. The highest BCUT2D eigenvalue weighted by Gasteiger charge is 2.25. The van der Waals surface area contributed by atoms with E-state index >= 15 is 0 Å². The molecule has 1 aliphatic carbocycles. The molecule has 0 bridgehead atoms. The normalized spacial score (nSPS) is 16.0. The highest BCUT2D eigenvalue weighted by atomic mass is 32.2. The molecule has 0 atom stereocenters. The van der Waals surface area contributed by atoms with E-state index in [4.69, 9.17) is 4.98 Å². The van der Waals surface area contributed by atoms with Crippen molar-refractivity contribution in [3.63, 3.8) is 0 Å². The van der Waals surface area contributed by atoms with Gasteiger partial charge in [0.2, 0.25) is 0 Å². The maximum absolute atomic E-state index is 13.4. The smallest absolute Gasteiger partial charge is 0.232 e. The molecular weight excluding hydrogens is 356 g/mol. The molecule has 1 saturated carbocycles. The number of nitrogens with zero attached hydrogens (tertiary/aromatic N) is 2. The maximum atomic E-state index is 13.4. The Morgan fingerprint density at radius 2 is 1.70 bits per heavy atom. The minimum atomic E-state index is -3.67. The van der Waals surface area contributed by atoms with E-state index in [2.05, 4.69) is 0 Å². The van der Waals surface area contributed by atoms with Crippen LogP contribution in [0.15, 0.2) is 53.4 Å². The lowest BCUT2D eigenvalue weighted by molar-refractivity contribution is 0.337. The van der Waals surface area contributed by atoms with Crippen LogP contribution in [0.4, 0.5) is 0 Å². The summed E-state index contributed by atoms with van der Waals surface area (Å²) in [7, 11) is -3.67. The Labute approximate surface area is 161 Å². The van der Waals surface area contributed by atoms with Crippen molar-refractivity contribution in [2.45, 2.75) is 56.8 Å². The lowest BCUT2D eigenvalue weighted by atomic mass is 9.86. The summed E-state index contributed by atoms with van der Waals surface area (Å²) in [4.78, 5) is 5.01. The summed E-state index contributed by atoms with van der Waals surface area (Å²) in [5.74, 6) is 1.34. The number of fused-ring (bicyclic) bond motifs is 1. The third-order valence-electron chi connectivity index (χ3n) is 5.64. The lowest BCUT2D eigenvalue weighted by Crippen LogP contribution is -2.17. The fraction of sp³-hybridized carbons (Fsp3) is 0.409. The van der Waals surface area contributed by atoms with Crippen molar-refractivity contribution in [2.24, 2.45) is 5.92 Å². The Kier molecular flexibility index (Phi) is 5.04. The third kappa shape index (κ3) is 3.65. The van der Waals surface area contributed by atoms with Crippen LogP contribution < -0.4 is 0 Å². The number of para-hydroxylation sites is 2. The van der Waals surface area contributed by atoms with Crippen LogP contribution in [0.5, 0.6) is 0 Å². The first-order valence-electron chi connectivity index (χ1n) is 9.84. The summed E-state index contributed by atoms with van der Waals surface area (Å²) in [5.41, 5.74) is 2.45. The van der Waals surface area contributed by atoms with Gasteiger partial charge in [0, 0.05) is 6.42 Å². The molecule has 0 amide bonds. The van der Waals surface area contributed by atoms with Crippen LogP contribution in [0.25, 0.3) is 11.0 Å². The molecule has 4 nitrogen and oxygen atoms in total. The van der Waals surface area contributed by atoms with Gasteiger partial charge in [-0.1, -0.05) is 61.9 Å². The first-order valence-corrected chi connectivity index (χ1v) is 11.3. The second-order valence-corrected chi connectivity index (χ2v) is 9.43. The van der Waals surface area contributed by atoms with Gasteiger partial charge in [-0.2, -0.15) is 0 Å². The van der Waals surface area contributed by atoms with Gasteiger partial charge in [0.05, 0.1) is 15.9 Å². The van der Waals surface area contributed by atoms with Crippen LogP contribution in [0.3, 0.4) is 0 Å². The molecule has 5 heteroatoms. The second-order valence-electron chi connectivity index (χ2n) is 7.64. The average Bonchev–Trinajstić information content (AvgIpc) is 3.07. The summed E-state index contributed by atoms with van der Waals surface area (Å²) < 4.78 is 28.3. The van der Waals surface area contributed by atoms with Gasteiger partial charge < -0.3 is 0 Å². The van der Waals surface area contributed by atoms with Crippen LogP contribution in [0.2, 0.25) is 0 Å². The number of aromatic nitrogens is 2.